The standard InChI is InChI=1S/C16H17NO3/c17-15-8-6-14(7-9-15)16(18)20-11-10-19-12-13-4-2-1-3-5-13/h1-9H,10-12,17H2. The third-order valence-corrected chi connectivity index (χ3v) is 2.72. The fraction of sp³-hybridized carbons (Fsp3) is 0.188. The topological polar surface area (TPSA) is 61.6 Å². The summed E-state index contributed by atoms with van der Waals surface area (Å²) < 4.78 is 10.5. The van der Waals surface area contributed by atoms with Crippen LogP contribution in [0.1, 0.15) is 15.9 Å². The van der Waals surface area contributed by atoms with Gasteiger partial charge >= 0.3 is 5.97 Å². The molecule has 4 nitrogen and oxygen atoms in total. The van der Waals surface area contributed by atoms with Crippen molar-refractivity contribution in [3.8, 4) is 0 Å². The number of anilines is 1. The number of hydrogen-bond donors (Lipinski definition) is 1. The molecule has 2 N–H and O–H groups in total. The van der Waals surface area contributed by atoms with Gasteiger partial charge in [-0.05, 0) is 29.8 Å². The van der Waals surface area contributed by atoms with E-state index < -0.39 is 0 Å². The first-order chi connectivity index (χ1) is 9.75. The molecule has 0 aliphatic carbocycles. The molecule has 2 aromatic rings. The first-order valence-electron chi connectivity index (χ1n) is 6.40. The Labute approximate surface area is 118 Å². The summed E-state index contributed by atoms with van der Waals surface area (Å²) in [6, 6.07) is 16.5. The van der Waals surface area contributed by atoms with Crippen LogP contribution in [-0.2, 0) is 16.1 Å². The van der Waals surface area contributed by atoms with E-state index in [1.165, 1.54) is 0 Å². The minimum atomic E-state index is -0.367. The molecule has 0 atom stereocenters. The van der Waals surface area contributed by atoms with E-state index in [9.17, 15) is 4.79 Å². The molecule has 0 fully saturated rings. The average molecular weight is 271 g/mol. The molecule has 0 saturated heterocycles. The van der Waals surface area contributed by atoms with Gasteiger partial charge in [0.25, 0.3) is 0 Å². The van der Waals surface area contributed by atoms with Crippen LogP contribution in [-0.4, -0.2) is 19.2 Å². The zero-order valence-electron chi connectivity index (χ0n) is 11.1. The maximum Gasteiger partial charge on any atom is 0.338 e. The Morgan fingerprint density at radius 1 is 0.950 bits per heavy atom. The Kier molecular flexibility index (Phi) is 5.15. The molecule has 0 radical (unpaired) electrons. The van der Waals surface area contributed by atoms with Gasteiger partial charge in [-0.25, -0.2) is 4.79 Å². The van der Waals surface area contributed by atoms with Crippen LogP contribution >= 0.6 is 0 Å². The van der Waals surface area contributed by atoms with E-state index in [0.29, 0.717) is 24.5 Å². The SMILES string of the molecule is Nc1ccc(C(=O)OCCOCc2ccccc2)cc1. The van der Waals surface area contributed by atoms with Crippen molar-refractivity contribution < 1.29 is 14.3 Å². The highest BCUT2D eigenvalue weighted by Crippen LogP contribution is 2.07. The second-order valence-electron chi connectivity index (χ2n) is 4.30. The first-order valence-corrected chi connectivity index (χ1v) is 6.40. The maximum atomic E-state index is 11.7. The number of rotatable bonds is 6. The van der Waals surface area contributed by atoms with Gasteiger partial charge in [0.15, 0.2) is 0 Å². The van der Waals surface area contributed by atoms with Crippen molar-refractivity contribution in [1.29, 1.82) is 0 Å². The average Bonchev–Trinajstić information content (AvgIpc) is 2.48. The van der Waals surface area contributed by atoms with Crippen molar-refractivity contribution in [1.82, 2.24) is 0 Å². The number of esters is 1. The molecule has 20 heavy (non-hydrogen) atoms. The number of benzene rings is 2. The van der Waals surface area contributed by atoms with E-state index in [4.69, 9.17) is 15.2 Å². The molecule has 0 bridgehead atoms. The van der Waals surface area contributed by atoms with Gasteiger partial charge < -0.3 is 15.2 Å². The molecule has 2 rings (SSSR count). The van der Waals surface area contributed by atoms with Gasteiger partial charge in [-0.1, -0.05) is 30.3 Å². The summed E-state index contributed by atoms with van der Waals surface area (Å²) in [7, 11) is 0. The molecule has 104 valence electrons. The molecule has 0 aliphatic heterocycles. The Bertz CT molecular complexity index is 537. The van der Waals surface area contributed by atoms with Crippen LogP contribution in [0.15, 0.2) is 54.6 Å². The Morgan fingerprint density at radius 3 is 2.35 bits per heavy atom. The molecule has 0 spiro atoms. The molecule has 0 unspecified atom stereocenters. The Balaban J connectivity index is 1.66. The monoisotopic (exact) mass is 271 g/mol. The van der Waals surface area contributed by atoms with Crippen molar-refractivity contribution in [3.05, 3.63) is 65.7 Å². The maximum absolute atomic E-state index is 11.7. The van der Waals surface area contributed by atoms with Gasteiger partial charge in [-0.2, -0.15) is 0 Å². The summed E-state index contributed by atoms with van der Waals surface area (Å²) in [4.78, 5) is 11.7. The first kappa shape index (κ1) is 14.1. The number of carbonyl (C=O) groups excluding carboxylic acids is 1. The van der Waals surface area contributed by atoms with Crippen LogP contribution in [0.4, 0.5) is 5.69 Å². The van der Waals surface area contributed by atoms with E-state index in [-0.39, 0.29) is 12.6 Å². The molecule has 2 aromatic carbocycles. The number of nitrogen functional groups attached to an aromatic ring is 1. The van der Waals surface area contributed by atoms with Crippen molar-refractivity contribution in [2.75, 3.05) is 18.9 Å². The second kappa shape index (κ2) is 7.31. The Hall–Kier alpha value is -2.33. The lowest BCUT2D eigenvalue weighted by molar-refractivity contribution is 0.0288. The van der Waals surface area contributed by atoms with Crippen LogP contribution in [0, 0.1) is 0 Å². The molecule has 4 heteroatoms. The fourth-order valence-electron chi connectivity index (χ4n) is 1.66. The summed E-state index contributed by atoms with van der Waals surface area (Å²) in [5, 5.41) is 0. The van der Waals surface area contributed by atoms with Gasteiger partial charge in [0.2, 0.25) is 0 Å². The summed E-state index contributed by atoms with van der Waals surface area (Å²) in [5.74, 6) is -0.367. The van der Waals surface area contributed by atoms with Gasteiger partial charge in [-0.15, -0.1) is 0 Å². The predicted molar refractivity (Wildman–Crippen MR) is 77.2 cm³/mol. The van der Waals surface area contributed by atoms with E-state index in [1.54, 1.807) is 24.3 Å². The number of ether oxygens (including phenoxy) is 2. The normalized spacial score (nSPS) is 10.2. The smallest absolute Gasteiger partial charge is 0.338 e. The third kappa shape index (κ3) is 4.40. The lowest BCUT2D eigenvalue weighted by atomic mass is 10.2. The Morgan fingerprint density at radius 2 is 1.65 bits per heavy atom. The lowest BCUT2D eigenvalue weighted by Gasteiger charge is -2.06. The zero-order valence-corrected chi connectivity index (χ0v) is 11.1. The largest absolute Gasteiger partial charge is 0.460 e. The third-order valence-electron chi connectivity index (χ3n) is 2.72. The van der Waals surface area contributed by atoms with Crippen LogP contribution < -0.4 is 5.73 Å². The highest BCUT2D eigenvalue weighted by molar-refractivity contribution is 5.89. The molecule has 0 aliphatic rings. The molecule has 0 amide bonds. The van der Waals surface area contributed by atoms with Crippen LogP contribution in [0.3, 0.4) is 0 Å². The molecular formula is C16H17NO3. The fourth-order valence-corrected chi connectivity index (χ4v) is 1.66. The van der Waals surface area contributed by atoms with E-state index in [0.717, 1.165) is 5.56 Å². The summed E-state index contributed by atoms with van der Waals surface area (Å²) >= 11 is 0. The minimum Gasteiger partial charge on any atom is -0.460 e. The molecule has 0 aromatic heterocycles. The highest BCUT2D eigenvalue weighted by Gasteiger charge is 2.05. The van der Waals surface area contributed by atoms with Gasteiger partial charge in [0.05, 0.1) is 18.8 Å². The number of nitrogens with two attached hydrogens (primary N) is 1. The second-order valence-corrected chi connectivity index (χ2v) is 4.30. The molecular weight excluding hydrogens is 254 g/mol. The summed E-state index contributed by atoms with van der Waals surface area (Å²) in [6.45, 7) is 1.12. The van der Waals surface area contributed by atoms with Gasteiger partial charge in [0.1, 0.15) is 6.61 Å². The quantitative estimate of drug-likeness (QED) is 0.498. The molecule has 0 saturated carbocycles. The minimum absolute atomic E-state index is 0.232. The summed E-state index contributed by atoms with van der Waals surface area (Å²) in [5.41, 5.74) is 7.75. The van der Waals surface area contributed by atoms with Crippen LogP contribution in [0.2, 0.25) is 0 Å². The van der Waals surface area contributed by atoms with Crippen molar-refractivity contribution in [2.45, 2.75) is 6.61 Å². The summed E-state index contributed by atoms with van der Waals surface area (Å²) in [6.07, 6.45) is 0. The predicted octanol–water partition coefficient (Wildman–Crippen LogP) is 2.64. The van der Waals surface area contributed by atoms with E-state index >= 15 is 0 Å². The highest BCUT2D eigenvalue weighted by atomic mass is 16.6. The van der Waals surface area contributed by atoms with Crippen molar-refractivity contribution in [2.24, 2.45) is 0 Å². The zero-order chi connectivity index (χ0) is 14.2. The van der Waals surface area contributed by atoms with Crippen LogP contribution in [0.25, 0.3) is 0 Å². The van der Waals surface area contributed by atoms with Gasteiger partial charge in [-0.3, -0.25) is 0 Å². The number of hydrogen-bond acceptors (Lipinski definition) is 4. The number of carbonyl (C=O) groups is 1. The van der Waals surface area contributed by atoms with Crippen molar-refractivity contribution >= 4 is 11.7 Å². The van der Waals surface area contributed by atoms with E-state index in [1.807, 2.05) is 30.3 Å². The van der Waals surface area contributed by atoms with Crippen molar-refractivity contribution in [3.63, 3.8) is 0 Å². The molecule has 0 heterocycles. The van der Waals surface area contributed by atoms with Gasteiger partial charge in [0, 0.05) is 5.69 Å². The van der Waals surface area contributed by atoms with Crippen LogP contribution in [0.5, 0.6) is 0 Å². The lowest BCUT2D eigenvalue weighted by Crippen LogP contribution is -2.10. The van der Waals surface area contributed by atoms with E-state index in [2.05, 4.69) is 0 Å².